The van der Waals surface area contributed by atoms with Crippen LogP contribution in [-0.2, 0) is 24.2 Å². The summed E-state index contributed by atoms with van der Waals surface area (Å²) in [5.74, 6) is -3.45. The fraction of sp³-hybridized carbons (Fsp3) is 0.353. The topological polar surface area (TPSA) is 177 Å². The number of rotatable bonds is 5. The number of aromatic nitrogens is 1. The van der Waals surface area contributed by atoms with Crippen LogP contribution < -0.4 is 11.1 Å². The van der Waals surface area contributed by atoms with E-state index in [1.807, 2.05) is 0 Å². The van der Waals surface area contributed by atoms with E-state index in [0.29, 0.717) is 0 Å². The molecule has 2 aliphatic rings. The number of carbonyl (C=O) groups is 4. The summed E-state index contributed by atoms with van der Waals surface area (Å²) in [5.41, 5.74) is 5.10. The SMILES string of the molecule is CC1(C)[C@H](C(=O)O)N2C(=O)/C(=C/c3cc(C(=O)NCC(N)=O)ccn3)[C@H]2S1(=O)=O. The number of fused-ring (bicyclic) bond motifs is 1. The molecule has 12 heteroatoms. The zero-order chi connectivity index (χ0) is 21.7. The Kier molecular flexibility index (Phi) is 4.69. The Morgan fingerprint density at radius 1 is 1.38 bits per heavy atom. The number of carboxylic acids is 1. The summed E-state index contributed by atoms with van der Waals surface area (Å²) in [6.07, 6.45) is 2.49. The molecule has 0 bridgehead atoms. The van der Waals surface area contributed by atoms with Crippen LogP contribution in [0.3, 0.4) is 0 Å². The number of β-lactam (4-membered cyclic amide) rings is 1. The van der Waals surface area contributed by atoms with Gasteiger partial charge in [0.25, 0.3) is 11.8 Å². The van der Waals surface area contributed by atoms with Gasteiger partial charge in [0.2, 0.25) is 5.91 Å². The van der Waals surface area contributed by atoms with Crippen LogP contribution in [0.15, 0.2) is 23.9 Å². The monoisotopic (exact) mass is 422 g/mol. The molecule has 0 unspecified atom stereocenters. The minimum Gasteiger partial charge on any atom is -0.480 e. The summed E-state index contributed by atoms with van der Waals surface area (Å²) in [6, 6.07) is 1.17. The standard InChI is InChI=1S/C17H18N4O7S/c1-17(2)12(16(25)26)21-14(24)10(15(21)29(17,27)28)6-9-5-8(3-4-19-9)13(23)20-7-11(18)22/h3-6,12,15H,7H2,1-2H3,(H2,18,22)(H,20,23)(H,25,26)/b10-6-/t12-,15+/m0/s1. The average molecular weight is 422 g/mol. The number of aliphatic carboxylic acids is 1. The van der Waals surface area contributed by atoms with Crippen molar-refractivity contribution in [3.63, 3.8) is 0 Å². The van der Waals surface area contributed by atoms with E-state index in [1.54, 1.807) is 0 Å². The van der Waals surface area contributed by atoms with E-state index in [0.717, 1.165) is 4.90 Å². The molecule has 0 aromatic carbocycles. The number of carbonyl (C=O) groups excluding carboxylic acids is 3. The van der Waals surface area contributed by atoms with Crippen molar-refractivity contribution in [2.45, 2.75) is 30.0 Å². The molecule has 2 atom stereocenters. The predicted octanol–water partition coefficient (Wildman–Crippen LogP) is -1.49. The number of amides is 3. The number of nitrogens with zero attached hydrogens (tertiary/aromatic N) is 2. The highest BCUT2D eigenvalue weighted by molar-refractivity contribution is 7.94. The highest BCUT2D eigenvalue weighted by Gasteiger charge is 2.70. The van der Waals surface area contributed by atoms with Crippen molar-refractivity contribution in [3.8, 4) is 0 Å². The Bertz CT molecular complexity index is 1080. The van der Waals surface area contributed by atoms with Crippen molar-refractivity contribution in [2.75, 3.05) is 6.54 Å². The van der Waals surface area contributed by atoms with Gasteiger partial charge in [-0.25, -0.2) is 13.2 Å². The third-order valence-corrected chi connectivity index (χ3v) is 7.73. The minimum absolute atomic E-state index is 0.120. The smallest absolute Gasteiger partial charge is 0.328 e. The van der Waals surface area contributed by atoms with Gasteiger partial charge in [-0.05, 0) is 32.1 Å². The van der Waals surface area contributed by atoms with Gasteiger partial charge < -0.3 is 21.1 Å². The molecule has 0 spiro atoms. The molecular formula is C17H18N4O7S. The molecule has 3 rings (SSSR count). The maximum absolute atomic E-state index is 12.8. The lowest BCUT2D eigenvalue weighted by Crippen LogP contribution is -2.58. The number of carboxylic acid groups (broad SMARTS) is 1. The van der Waals surface area contributed by atoms with Gasteiger partial charge in [-0.15, -0.1) is 0 Å². The van der Waals surface area contributed by atoms with E-state index < -0.39 is 49.7 Å². The zero-order valence-electron chi connectivity index (χ0n) is 15.4. The lowest BCUT2D eigenvalue weighted by molar-refractivity contribution is -0.152. The Morgan fingerprint density at radius 3 is 2.62 bits per heavy atom. The molecule has 1 aromatic heterocycles. The first-order chi connectivity index (χ1) is 13.4. The van der Waals surface area contributed by atoms with E-state index >= 15 is 0 Å². The van der Waals surface area contributed by atoms with Crippen molar-refractivity contribution in [2.24, 2.45) is 5.73 Å². The third-order valence-electron chi connectivity index (χ3n) is 4.97. The second-order valence-corrected chi connectivity index (χ2v) is 9.76. The van der Waals surface area contributed by atoms with Crippen molar-refractivity contribution in [3.05, 3.63) is 35.2 Å². The molecule has 2 fully saturated rings. The summed E-state index contributed by atoms with van der Waals surface area (Å²) >= 11 is 0. The van der Waals surface area contributed by atoms with E-state index in [4.69, 9.17) is 5.73 Å². The number of primary amides is 1. The van der Waals surface area contributed by atoms with E-state index in [-0.39, 0.29) is 23.4 Å². The van der Waals surface area contributed by atoms with Gasteiger partial charge in [0.05, 0.1) is 17.8 Å². The van der Waals surface area contributed by atoms with E-state index in [1.165, 1.54) is 38.3 Å². The van der Waals surface area contributed by atoms with Crippen LogP contribution in [0.5, 0.6) is 0 Å². The highest BCUT2D eigenvalue weighted by atomic mass is 32.2. The van der Waals surface area contributed by atoms with E-state index in [2.05, 4.69) is 10.3 Å². The normalized spacial score (nSPS) is 25.2. The zero-order valence-corrected chi connectivity index (χ0v) is 16.3. The highest BCUT2D eigenvalue weighted by Crippen LogP contribution is 2.48. The van der Waals surface area contributed by atoms with Crippen LogP contribution in [0.2, 0.25) is 0 Å². The molecule has 2 saturated heterocycles. The number of hydrogen-bond acceptors (Lipinski definition) is 7. The second-order valence-electron chi connectivity index (χ2n) is 7.17. The van der Waals surface area contributed by atoms with Crippen LogP contribution in [-0.4, -0.2) is 69.8 Å². The first-order valence-corrected chi connectivity index (χ1v) is 9.97. The molecule has 0 aliphatic carbocycles. The number of nitrogens with two attached hydrogens (primary N) is 1. The maximum Gasteiger partial charge on any atom is 0.328 e. The Morgan fingerprint density at radius 2 is 2.03 bits per heavy atom. The summed E-state index contributed by atoms with van der Waals surface area (Å²) < 4.78 is 24.0. The lowest BCUT2D eigenvalue weighted by atomic mass is 9.95. The van der Waals surface area contributed by atoms with Gasteiger partial charge in [0.15, 0.2) is 21.3 Å². The first-order valence-electron chi connectivity index (χ1n) is 8.42. The first kappa shape index (κ1) is 20.5. The van der Waals surface area contributed by atoms with Gasteiger partial charge in [0.1, 0.15) is 4.75 Å². The Labute approximate surface area is 165 Å². The largest absolute Gasteiger partial charge is 0.480 e. The summed E-state index contributed by atoms with van der Waals surface area (Å²) in [5, 5.41) is 10.3. The van der Waals surface area contributed by atoms with Gasteiger partial charge in [-0.1, -0.05) is 0 Å². The minimum atomic E-state index is -4.01. The van der Waals surface area contributed by atoms with Gasteiger partial charge in [-0.3, -0.25) is 19.4 Å². The molecular weight excluding hydrogens is 404 g/mol. The molecule has 154 valence electrons. The average Bonchev–Trinajstić information content (AvgIpc) is 2.78. The van der Waals surface area contributed by atoms with Crippen LogP contribution in [0.4, 0.5) is 0 Å². The number of hydrogen-bond donors (Lipinski definition) is 3. The van der Waals surface area contributed by atoms with Crippen molar-refractivity contribution in [1.82, 2.24) is 15.2 Å². The fourth-order valence-electron chi connectivity index (χ4n) is 3.44. The van der Waals surface area contributed by atoms with Crippen molar-refractivity contribution in [1.29, 1.82) is 0 Å². The molecule has 0 radical (unpaired) electrons. The molecule has 1 aromatic rings. The van der Waals surface area contributed by atoms with Crippen molar-refractivity contribution < 1.29 is 32.7 Å². The Balaban J connectivity index is 1.94. The molecule has 2 aliphatic heterocycles. The van der Waals surface area contributed by atoms with Gasteiger partial charge in [-0.2, -0.15) is 0 Å². The Hall–Kier alpha value is -3.28. The van der Waals surface area contributed by atoms with Gasteiger partial charge in [0, 0.05) is 11.8 Å². The van der Waals surface area contributed by atoms with Crippen molar-refractivity contribution >= 4 is 39.6 Å². The molecule has 3 heterocycles. The molecule has 4 N–H and O–H groups in total. The predicted molar refractivity (Wildman–Crippen MR) is 98.8 cm³/mol. The number of sulfone groups is 1. The molecule has 0 saturated carbocycles. The van der Waals surface area contributed by atoms with E-state index in [9.17, 15) is 32.7 Å². The number of nitrogens with one attached hydrogen (secondary N) is 1. The van der Waals surface area contributed by atoms with Crippen LogP contribution in [0.25, 0.3) is 6.08 Å². The fourth-order valence-corrected chi connectivity index (χ4v) is 5.56. The molecule has 11 nitrogen and oxygen atoms in total. The number of pyridine rings is 1. The maximum atomic E-state index is 12.8. The van der Waals surface area contributed by atoms with Gasteiger partial charge >= 0.3 is 5.97 Å². The quantitative estimate of drug-likeness (QED) is 0.379. The summed E-state index contributed by atoms with van der Waals surface area (Å²) in [6.45, 7) is 2.18. The molecule has 29 heavy (non-hydrogen) atoms. The third kappa shape index (κ3) is 3.05. The van der Waals surface area contributed by atoms with Crippen LogP contribution in [0.1, 0.15) is 29.9 Å². The summed E-state index contributed by atoms with van der Waals surface area (Å²) in [7, 11) is -4.01. The molecule has 3 amide bonds. The van der Waals surface area contributed by atoms with Crippen LogP contribution >= 0.6 is 0 Å². The lowest BCUT2D eigenvalue weighted by Gasteiger charge is -2.37. The van der Waals surface area contributed by atoms with Crippen LogP contribution in [0, 0.1) is 0 Å². The summed E-state index contributed by atoms with van der Waals surface area (Å²) in [4.78, 5) is 51.7. The second kappa shape index (κ2) is 6.65.